The molecule has 0 aromatic heterocycles. The van der Waals surface area contributed by atoms with Crippen LogP contribution in [0, 0.1) is 0 Å². The monoisotopic (exact) mass is 463 g/mol. The van der Waals surface area contributed by atoms with E-state index in [0.29, 0.717) is 28.6 Å². The van der Waals surface area contributed by atoms with Gasteiger partial charge in [0.2, 0.25) is 0 Å². The van der Waals surface area contributed by atoms with Crippen molar-refractivity contribution >= 4 is 32.0 Å². The maximum Gasteiger partial charge on any atom is 0.187 e. The van der Waals surface area contributed by atoms with Crippen molar-refractivity contribution in [2.24, 2.45) is 0 Å². The zero-order chi connectivity index (χ0) is 21.4. The largest absolute Gasteiger partial charge is 0.309 e. The van der Waals surface area contributed by atoms with E-state index in [1.807, 2.05) is 24.3 Å². The van der Waals surface area contributed by atoms with Crippen LogP contribution in [0.3, 0.4) is 0 Å². The third-order valence-corrected chi connectivity index (χ3v) is 9.58. The molecule has 3 aromatic rings. The van der Waals surface area contributed by atoms with Gasteiger partial charge in [0.1, 0.15) is 5.25 Å². The number of fused-ring (bicyclic) bond motifs is 1. The van der Waals surface area contributed by atoms with E-state index >= 15 is 0 Å². The van der Waals surface area contributed by atoms with E-state index in [-0.39, 0.29) is 10.6 Å². The SMILES string of the molecule is O=S(=O)(c1ccccc1)C1CS(O)(O)c2cccc(CNCc3cccc(Cl)c3)c21. The van der Waals surface area contributed by atoms with Crippen LogP contribution in [0.25, 0.3) is 0 Å². The summed E-state index contributed by atoms with van der Waals surface area (Å²) in [5.74, 6) is -0.217. The highest BCUT2D eigenvalue weighted by Gasteiger charge is 2.44. The molecule has 30 heavy (non-hydrogen) atoms. The van der Waals surface area contributed by atoms with E-state index in [4.69, 9.17) is 11.6 Å². The minimum absolute atomic E-state index is 0.180. The highest BCUT2D eigenvalue weighted by atomic mass is 35.5. The molecular weight excluding hydrogens is 442 g/mol. The Hall–Kier alpha value is -1.87. The Morgan fingerprint density at radius 2 is 1.70 bits per heavy atom. The lowest BCUT2D eigenvalue weighted by Gasteiger charge is -2.27. The molecule has 4 rings (SSSR count). The molecule has 3 N–H and O–H groups in total. The first-order chi connectivity index (χ1) is 14.3. The van der Waals surface area contributed by atoms with Gasteiger partial charge in [-0.15, -0.1) is 0 Å². The quantitative estimate of drug-likeness (QED) is 0.463. The molecule has 0 fully saturated rings. The van der Waals surface area contributed by atoms with Crippen molar-refractivity contribution in [1.29, 1.82) is 0 Å². The summed E-state index contributed by atoms with van der Waals surface area (Å²) >= 11 is 6.03. The first-order valence-electron chi connectivity index (χ1n) is 9.41. The molecule has 158 valence electrons. The molecule has 0 aliphatic carbocycles. The fourth-order valence-electron chi connectivity index (χ4n) is 3.79. The van der Waals surface area contributed by atoms with E-state index < -0.39 is 25.7 Å². The second-order valence-corrected chi connectivity index (χ2v) is 11.9. The zero-order valence-corrected chi connectivity index (χ0v) is 18.4. The van der Waals surface area contributed by atoms with Gasteiger partial charge in [-0.3, -0.25) is 9.11 Å². The normalized spacial score (nSPS) is 18.7. The Labute approximate surface area is 183 Å². The van der Waals surface area contributed by atoms with Crippen LogP contribution in [0.2, 0.25) is 5.02 Å². The molecule has 1 unspecified atom stereocenters. The van der Waals surface area contributed by atoms with E-state index in [0.717, 1.165) is 11.1 Å². The summed E-state index contributed by atoms with van der Waals surface area (Å²) in [4.78, 5) is 0.508. The summed E-state index contributed by atoms with van der Waals surface area (Å²) in [6.07, 6.45) is 0. The standard InChI is InChI=1S/C22H22ClNO4S2/c23-18-8-4-6-16(12-18)13-24-14-17-7-5-11-20-22(17)21(15-29(20,25)26)30(27,28)19-9-2-1-3-10-19/h1-12,21,24-26H,13-15H2. The number of sulfone groups is 1. The van der Waals surface area contributed by atoms with Gasteiger partial charge >= 0.3 is 0 Å². The molecule has 1 aliphatic rings. The summed E-state index contributed by atoms with van der Waals surface area (Å²) in [6, 6.07) is 20.8. The predicted octanol–water partition coefficient (Wildman–Crippen LogP) is 5.27. The van der Waals surface area contributed by atoms with Crippen LogP contribution >= 0.6 is 22.2 Å². The Morgan fingerprint density at radius 1 is 0.967 bits per heavy atom. The molecule has 3 aromatic carbocycles. The highest BCUT2D eigenvalue weighted by molar-refractivity contribution is 8.25. The summed E-state index contributed by atoms with van der Waals surface area (Å²) in [7, 11) is -6.95. The molecule has 0 bridgehead atoms. The van der Waals surface area contributed by atoms with Crippen LogP contribution in [-0.2, 0) is 22.9 Å². The summed E-state index contributed by atoms with van der Waals surface area (Å²) in [6.45, 7) is 0.947. The van der Waals surface area contributed by atoms with Crippen LogP contribution in [-0.4, -0.2) is 23.3 Å². The molecular formula is C22H22ClNO4S2. The molecule has 1 heterocycles. The predicted molar refractivity (Wildman–Crippen MR) is 121 cm³/mol. The maximum absolute atomic E-state index is 13.3. The lowest BCUT2D eigenvalue weighted by Crippen LogP contribution is -2.19. The van der Waals surface area contributed by atoms with Gasteiger partial charge in [-0.2, -0.15) is 10.6 Å². The minimum Gasteiger partial charge on any atom is -0.309 e. The average molecular weight is 464 g/mol. The van der Waals surface area contributed by atoms with Crippen molar-refractivity contribution in [3.05, 3.63) is 94.5 Å². The van der Waals surface area contributed by atoms with Gasteiger partial charge in [-0.25, -0.2) is 8.42 Å². The number of hydrogen-bond donors (Lipinski definition) is 3. The third kappa shape index (κ3) is 4.14. The number of hydrogen-bond acceptors (Lipinski definition) is 5. The molecule has 1 atom stereocenters. The molecule has 0 spiro atoms. The minimum atomic E-state index is -3.77. The van der Waals surface area contributed by atoms with Crippen molar-refractivity contribution < 1.29 is 17.5 Å². The van der Waals surface area contributed by atoms with Crippen LogP contribution in [0.1, 0.15) is 21.9 Å². The van der Waals surface area contributed by atoms with Gasteiger partial charge in [0.25, 0.3) is 0 Å². The summed E-state index contributed by atoms with van der Waals surface area (Å²) in [5.41, 5.74) is 2.25. The van der Waals surface area contributed by atoms with E-state index in [1.54, 1.807) is 48.5 Å². The summed E-state index contributed by atoms with van der Waals surface area (Å²) < 4.78 is 47.9. The Bertz CT molecular complexity index is 1170. The van der Waals surface area contributed by atoms with Gasteiger partial charge in [0.05, 0.1) is 15.5 Å². The molecule has 0 saturated heterocycles. The van der Waals surface area contributed by atoms with Gasteiger partial charge < -0.3 is 5.32 Å². The number of halogens is 1. The Kier molecular flexibility index (Phi) is 5.94. The first-order valence-corrected chi connectivity index (χ1v) is 13.0. The zero-order valence-electron chi connectivity index (χ0n) is 16.0. The Balaban J connectivity index is 1.66. The Morgan fingerprint density at radius 3 is 2.43 bits per heavy atom. The molecule has 0 radical (unpaired) electrons. The molecule has 0 saturated carbocycles. The highest BCUT2D eigenvalue weighted by Crippen LogP contribution is 2.62. The van der Waals surface area contributed by atoms with Crippen LogP contribution < -0.4 is 5.32 Å². The van der Waals surface area contributed by atoms with Crippen molar-refractivity contribution in [1.82, 2.24) is 5.32 Å². The summed E-state index contributed by atoms with van der Waals surface area (Å²) in [5, 5.41) is 2.96. The van der Waals surface area contributed by atoms with Gasteiger partial charge in [-0.1, -0.05) is 54.1 Å². The number of rotatable bonds is 6. The lowest BCUT2D eigenvalue weighted by atomic mass is 10.0. The lowest BCUT2D eigenvalue weighted by molar-refractivity contribution is 0.491. The smallest absolute Gasteiger partial charge is 0.187 e. The fraction of sp³-hybridized carbons (Fsp3) is 0.182. The van der Waals surface area contributed by atoms with E-state index in [1.165, 1.54) is 0 Å². The third-order valence-electron chi connectivity index (χ3n) is 5.19. The van der Waals surface area contributed by atoms with Crippen molar-refractivity contribution in [2.45, 2.75) is 28.1 Å². The van der Waals surface area contributed by atoms with Crippen LogP contribution in [0.5, 0.6) is 0 Å². The van der Waals surface area contributed by atoms with E-state index in [9.17, 15) is 17.5 Å². The van der Waals surface area contributed by atoms with Gasteiger partial charge in [0, 0.05) is 18.1 Å². The van der Waals surface area contributed by atoms with Gasteiger partial charge in [0.15, 0.2) is 9.84 Å². The molecule has 1 aliphatic heterocycles. The molecule has 5 nitrogen and oxygen atoms in total. The fourth-order valence-corrected chi connectivity index (χ4v) is 8.50. The van der Waals surface area contributed by atoms with Crippen molar-refractivity contribution in [3.63, 3.8) is 0 Å². The topological polar surface area (TPSA) is 86.6 Å². The van der Waals surface area contributed by atoms with Crippen LogP contribution in [0.15, 0.2) is 82.6 Å². The average Bonchev–Trinajstić information content (AvgIpc) is 3.01. The second kappa shape index (κ2) is 8.34. The maximum atomic E-state index is 13.3. The molecule has 0 amide bonds. The number of nitrogens with one attached hydrogen (secondary N) is 1. The van der Waals surface area contributed by atoms with Gasteiger partial charge in [-0.05, 0) is 47.0 Å². The van der Waals surface area contributed by atoms with E-state index in [2.05, 4.69) is 5.32 Å². The molecule has 8 heteroatoms. The second-order valence-electron chi connectivity index (χ2n) is 7.24. The first kappa shape index (κ1) is 21.4. The van der Waals surface area contributed by atoms with Crippen LogP contribution in [0.4, 0.5) is 0 Å². The van der Waals surface area contributed by atoms with Crippen molar-refractivity contribution in [2.75, 3.05) is 5.75 Å². The number of benzene rings is 3. The van der Waals surface area contributed by atoms with Crippen molar-refractivity contribution in [3.8, 4) is 0 Å².